The molecule has 0 spiro atoms. The fourth-order valence-corrected chi connectivity index (χ4v) is 3.78. The second-order valence-corrected chi connectivity index (χ2v) is 6.06. The number of nitrogen functional groups attached to an aromatic ring is 1. The largest absolute Gasteiger partial charge is 0.432 e. The predicted molar refractivity (Wildman–Crippen MR) is 74.9 cm³/mol. The van der Waals surface area contributed by atoms with Crippen molar-refractivity contribution < 1.29 is 17.9 Å². The number of fused-ring (bicyclic) bond motifs is 2. The molecule has 2 bridgehead atoms. The molecule has 3 N–H and O–H groups in total. The van der Waals surface area contributed by atoms with Crippen LogP contribution in [0.25, 0.3) is 0 Å². The molecule has 3 nitrogen and oxygen atoms in total. The molecule has 2 fully saturated rings. The van der Waals surface area contributed by atoms with Gasteiger partial charge in [-0.05, 0) is 37.0 Å². The van der Waals surface area contributed by atoms with E-state index in [2.05, 4.69) is 10.1 Å². The van der Waals surface area contributed by atoms with Crippen molar-refractivity contribution in [2.45, 2.75) is 32.3 Å². The first kappa shape index (κ1) is 14.4. The van der Waals surface area contributed by atoms with E-state index in [1.807, 2.05) is 0 Å². The third kappa shape index (κ3) is 3.04. The maximum atomic E-state index is 13.5. The van der Waals surface area contributed by atoms with Crippen LogP contribution in [0.3, 0.4) is 0 Å². The smallest absolute Gasteiger partial charge is 0.387 e. The van der Waals surface area contributed by atoms with E-state index in [4.69, 9.17) is 5.73 Å². The molecule has 0 saturated heterocycles. The van der Waals surface area contributed by atoms with Crippen LogP contribution in [0.15, 0.2) is 12.1 Å². The highest BCUT2D eigenvalue weighted by molar-refractivity contribution is 5.68. The van der Waals surface area contributed by atoms with Crippen molar-refractivity contribution in [3.8, 4) is 5.75 Å². The minimum absolute atomic E-state index is 0.206. The van der Waals surface area contributed by atoms with Crippen molar-refractivity contribution in [2.75, 3.05) is 17.6 Å². The molecule has 0 aromatic heterocycles. The van der Waals surface area contributed by atoms with Crippen LogP contribution in [0.5, 0.6) is 5.75 Å². The first-order valence-electron chi connectivity index (χ1n) is 7.30. The van der Waals surface area contributed by atoms with Crippen LogP contribution in [0.2, 0.25) is 0 Å². The molecule has 1 aromatic rings. The molecule has 6 heteroatoms. The number of hydrogen-bond acceptors (Lipinski definition) is 3. The lowest BCUT2D eigenvalue weighted by Gasteiger charge is -2.23. The van der Waals surface area contributed by atoms with Crippen LogP contribution in [0.4, 0.5) is 24.5 Å². The second kappa shape index (κ2) is 5.66. The maximum Gasteiger partial charge on any atom is 0.387 e. The predicted octanol–water partition coefficient (Wildman–Crippen LogP) is 3.86. The quantitative estimate of drug-likeness (QED) is 0.812. The standard InChI is InChI=1S/C15H19F3N2O/c16-11-5-12(19)13(6-14(11)21-15(17)18)20-7-10-4-8-1-2-9(10)3-8/h5-6,8-10,15,20H,1-4,7,19H2. The lowest BCUT2D eigenvalue weighted by Crippen LogP contribution is -2.20. The van der Waals surface area contributed by atoms with Crippen LogP contribution in [-0.2, 0) is 0 Å². The summed E-state index contributed by atoms with van der Waals surface area (Å²) in [5, 5.41) is 3.16. The summed E-state index contributed by atoms with van der Waals surface area (Å²) in [6, 6.07) is 2.23. The van der Waals surface area contributed by atoms with E-state index in [1.54, 1.807) is 0 Å². The number of halogens is 3. The number of hydrogen-bond donors (Lipinski definition) is 2. The topological polar surface area (TPSA) is 47.3 Å². The highest BCUT2D eigenvalue weighted by Crippen LogP contribution is 2.48. The van der Waals surface area contributed by atoms with Crippen LogP contribution in [-0.4, -0.2) is 13.2 Å². The van der Waals surface area contributed by atoms with Gasteiger partial charge in [0, 0.05) is 18.7 Å². The number of anilines is 2. The molecular formula is C15H19F3N2O. The van der Waals surface area contributed by atoms with E-state index < -0.39 is 18.2 Å². The van der Waals surface area contributed by atoms with Crippen LogP contribution >= 0.6 is 0 Å². The van der Waals surface area contributed by atoms with E-state index in [-0.39, 0.29) is 5.69 Å². The number of ether oxygens (including phenoxy) is 1. The fourth-order valence-electron chi connectivity index (χ4n) is 3.78. The Hall–Kier alpha value is -1.59. The summed E-state index contributed by atoms with van der Waals surface area (Å²) < 4.78 is 42.1. The Kier molecular flexibility index (Phi) is 3.87. The minimum atomic E-state index is -3.05. The van der Waals surface area contributed by atoms with Crippen molar-refractivity contribution in [1.29, 1.82) is 0 Å². The molecule has 3 atom stereocenters. The SMILES string of the molecule is Nc1cc(F)c(OC(F)F)cc1NCC1CC2CCC1C2. The van der Waals surface area contributed by atoms with E-state index in [0.29, 0.717) is 11.6 Å². The van der Waals surface area contributed by atoms with Crippen LogP contribution < -0.4 is 15.8 Å². The Bertz CT molecular complexity index is 524. The van der Waals surface area contributed by atoms with Crippen LogP contribution in [0, 0.1) is 23.6 Å². The molecule has 2 aliphatic rings. The monoisotopic (exact) mass is 300 g/mol. The summed E-state index contributed by atoms with van der Waals surface area (Å²) in [5.74, 6) is 0.826. The zero-order chi connectivity index (χ0) is 15.0. The van der Waals surface area contributed by atoms with E-state index >= 15 is 0 Å². The van der Waals surface area contributed by atoms with Crippen molar-refractivity contribution >= 4 is 11.4 Å². The van der Waals surface area contributed by atoms with Gasteiger partial charge in [-0.3, -0.25) is 0 Å². The van der Waals surface area contributed by atoms with Gasteiger partial charge in [-0.25, -0.2) is 4.39 Å². The Morgan fingerprint density at radius 3 is 2.71 bits per heavy atom. The second-order valence-electron chi connectivity index (χ2n) is 6.06. The van der Waals surface area contributed by atoms with Gasteiger partial charge in [0.05, 0.1) is 11.4 Å². The normalized spacial score (nSPS) is 27.3. The Labute approximate surface area is 121 Å². The molecule has 1 aromatic carbocycles. The molecular weight excluding hydrogens is 281 g/mol. The van der Waals surface area contributed by atoms with E-state index in [1.165, 1.54) is 31.7 Å². The zero-order valence-electron chi connectivity index (χ0n) is 11.6. The Balaban J connectivity index is 1.67. The molecule has 3 rings (SSSR count). The van der Waals surface area contributed by atoms with Gasteiger partial charge in [0.15, 0.2) is 11.6 Å². The molecule has 21 heavy (non-hydrogen) atoms. The summed E-state index contributed by atoms with van der Waals surface area (Å²) in [6.07, 6.45) is 5.10. The molecule has 0 aliphatic heterocycles. The van der Waals surface area contributed by atoms with Gasteiger partial charge in [0.1, 0.15) is 0 Å². The van der Waals surface area contributed by atoms with Crippen molar-refractivity contribution in [2.24, 2.45) is 17.8 Å². The molecule has 0 heterocycles. The van der Waals surface area contributed by atoms with E-state index in [9.17, 15) is 13.2 Å². The highest BCUT2D eigenvalue weighted by atomic mass is 19.3. The van der Waals surface area contributed by atoms with Gasteiger partial charge >= 0.3 is 6.61 Å². The summed E-state index contributed by atoms with van der Waals surface area (Å²) >= 11 is 0. The molecule has 2 aliphatic carbocycles. The third-order valence-corrected chi connectivity index (χ3v) is 4.76. The van der Waals surface area contributed by atoms with Gasteiger partial charge in [0.25, 0.3) is 0 Å². The van der Waals surface area contributed by atoms with Crippen molar-refractivity contribution in [3.63, 3.8) is 0 Å². The summed E-state index contributed by atoms with van der Waals surface area (Å²) in [5.41, 5.74) is 6.40. The molecule has 0 radical (unpaired) electrons. The molecule has 3 unspecified atom stereocenters. The first-order chi connectivity index (χ1) is 10.0. The number of alkyl halides is 2. The molecule has 116 valence electrons. The summed E-state index contributed by atoms with van der Waals surface area (Å²) in [6.45, 7) is -2.31. The molecule has 2 saturated carbocycles. The van der Waals surface area contributed by atoms with Gasteiger partial charge in [0.2, 0.25) is 0 Å². The summed E-state index contributed by atoms with van der Waals surface area (Å²) in [4.78, 5) is 0. The third-order valence-electron chi connectivity index (χ3n) is 4.76. The van der Waals surface area contributed by atoms with Gasteiger partial charge in [-0.1, -0.05) is 6.42 Å². The minimum Gasteiger partial charge on any atom is -0.432 e. The molecule has 0 amide bonds. The van der Waals surface area contributed by atoms with Crippen molar-refractivity contribution in [3.05, 3.63) is 17.9 Å². The highest BCUT2D eigenvalue weighted by Gasteiger charge is 2.39. The maximum absolute atomic E-state index is 13.5. The number of benzene rings is 1. The lowest BCUT2D eigenvalue weighted by molar-refractivity contribution is -0.0521. The van der Waals surface area contributed by atoms with Gasteiger partial charge < -0.3 is 15.8 Å². The Morgan fingerprint density at radius 1 is 1.29 bits per heavy atom. The fraction of sp³-hybridized carbons (Fsp3) is 0.600. The number of nitrogens with two attached hydrogens (primary N) is 1. The Morgan fingerprint density at radius 2 is 2.10 bits per heavy atom. The van der Waals surface area contributed by atoms with Gasteiger partial charge in [-0.2, -0.15) is 8.78 Å². The lowest BCUT2D eigenvalue weighted by atomic mass is 9.89. The zero-order valence-corrected chi connectivity index (χ0v) is 11.6. The van der Waals surface area contributed by atoms with E-state index in [0.717, 1.165) is 24.4 Å². The number of nitrogens with one attached hydrogen (secondary N) is 1. The van der Waals surface area contributed by atoms with Gasteiger partial charge in [-0.15, -0.1) is 0 Å². The summed E-state index contributed by atoms with van der Waals surface area (Å²) in [7, 11) is 0. The van der Waals surface area contributed by atoms with Crippen molar-refractivity contribution in [1.82, 2.24) is 0 Å². The average Bonchev–Trinajstić information content (AvgIpc) is 3.02. The average molecular weight is 300 g/mol. The number of rotatable bonds is 5. The van der Waals surface area contributed by atoms with Crippen LogP contribution in [0.1, 0.15) is 25.7 Å². The first-order valence-corrected chi connectivity index (χ1v) is 7.30.